The van der Waals surface area contributed by atoms with Crippen LogP contribution < -0.4 is 10.2 Å². The van der Waals surface area contributed by atoms with Crippen molar-refractivity contribution in [1.29, 1.82) is 0 Å². The molecule has 1 aromatic rings. The third-order valence-corrected chi connectivity index (χ3v) is 4.05. The molecule has 0 atom stereocenters. The summed E-state index contributed by atoms with van der Waals surface area (Å²) in [6.07, 6.45) is 1.12. The van der Waals surface area contributed by atoms with Crippen molar-refractivity contribution in [3.8, 4) is 0 Å². The van der Waals surface area contributed by atoms with Crippen LogP contribution in [-0.2, 0) is 10.2 Å². The molecule has 2 aliphatic rings. The number of benzene rings is 1. The molecule has 2 heterocycles. The fourth-order valence-electron chi connectivity index (χ4n) is 3.15. The van der Waals surface area contributed by atoms with Gasteiger partial charge in [-0.1, -0.05) is 0 Å². The molecule has 0 aliphatic carbocycles. The van der Waals surface area contributed by atoms with Crippen LogP contribution in [0, 0.1) is 11.6 Å². The maximum Gasteiger partial charge on any atom is 0.237 e. The number of amides is 1. The van der Waals surface area contributed by atoms with E-state index in [1.807, 2.05) is 0 Å². The number of anilines is 1. The van der Waals surface area contributed by atoms with Crippen molar-refractivity contribution >= 4 is 11.6 Å². The van der Waals surface area contributed by atoms with E-state index in [0.29, 0.717) is 37.2 Å². The van der Waals surface area contributed by atoms with Crippen LogP contribution >= 0.6 is 0 Å². The standard InChI is InChI=1S/C13H14F2N2O/c1-17-10-7-8(14)6-9(15)11(10)13(12(17)18)2-4-16-5-3-13/h6-7,16H,2-5H2,1H3. The third-order valence-electron chi connectivity index (χ3n) is 4.05. The lowest BCUT2D eigenvalue weighted by Gasteiger charge is -2.32. The van der Waals surface area contributed by atoms with Crippen molar-refractivity contribution in [2.45, 2.75) is 18.3 Å². The van der Waals surface area contributed by atoms with E-state index in [0.717, 1.165) is 6.07 Å². The van der Waals surface area contributed by atoms with Crippen molar-refractivity contribution < 1.29 is 13.6 Å². The van der Waals surface area contributed by atoms with Gasteiger partial charge < -0.3 is 10.2 Å². The van der Waals surface area contributed by atoms with E-state index in [1.165, 1.54) is 11.0 Å². The number of piperidine rings is 1. The van der Waals surface area contributed by atoms with Crippen molar-refractivity contribution in [3.05, 3.63) is 29.3 Å². The van der Waals surface area contributed by atoms with Crippen LogP contribution in [0.15, 0.2) is 12.1 Å². The molecule has 1 aromatic carbocycles. The predicted molar refractivity (Wildman–Crippen MR) is 63.5 cm³/mol. The summed E-state index contributed by atoms with van der Waals surface area (Å²) in [5.41, 5.74) is -0.0510. The molecule has 1 spiro atoms. The summed E-state index contributed by atoms with van der Waals surface area (Å²) < 4.78 is 27.4. The van der Waals surface area contributed by atoms with Gasteiger partial charge in [0.25, 0.3) is 0 Å². The second kappa shape index (κ2) is 3.75. The Kier molecular flexibility index (Phi) is 2.41. The Bertz CT molecular complexity index is 524. The van der Waals surface area contributed by atoms with Crippen molar-refractivity contribution in [2.75, 3.05) is 25.0 Å². The van der Waals surface area contributed by atoms with Gasteiger partial charge >= 0.3 is 0 Å². The first-order valence-electron chi connectivity index (χ1n) is 6.05. The summed E-state index contributed by atoms with van der Waals surface area (Å²) in [5, 5.41) is 3.17. The third kappa shape index (κ3) is 1.34. The lowest BCUT2D eigenvalue weighted by Crippen LogP contribution is -2.46. The highest BCUT2D eigenvalue weighted by Crippen LogP contribution is 2.47. The molecule has 0 aromatic heterocycles. The number of carbonyl (C=O) groups is 1. The van der Waals surface area contributed by atoms with Gasteiger partial charge in [0, 0.05) is 18.7 Å². The highest BCUT2D eigenvalue weighted by Gasteiger charge is 2.51. The smallest absolute Gasteiger partial charge is 0.237 e. The Morgan fingerprint density at radius 2 is 1.94 bits per heavy atom. The summed E-state index contributed by atoms with van der Waals surface area (Å²) in [6.45, 7) is 1.35. The Morgan fingerprint density at radius 1 is 1.28 bits per heavy atom. The molecule has 3 rings (SSSR count). The van der Waals surface area contributed by atoms with Gasteiger partial charge in [-0.3, -0.25) is 4.79 Å². The molecular weight excluding hydrogens is 238 g/mol. The normalized spacial score (nSPS) is 21.5. The summed E-state index contributed by atoms with van der Waals surface area (Å²) in [6, 6.07) is 2.11. The molecule has 1 fully saturated rings. The van der Waals surface area contributed by atoms with Gasteiger partial charge in [0.15, 0.2) is 0 Å². The van der Waals surface area contributed by atoms with E-state index in [-0.39, 0.29) is 5.91 Å². The minimum absolute atomic E-state index is 0.122. The fraction of sp³-hybridized carbons (Fsp3) is 0.462. The van der Waals surface area contributed by atoms with Gasteiger partial charge in [-0.25, -0.2) is 8.78 Å². The van der Waals surface area contributed by atoms with Gasteiger partial charge in [-0.05, 0) is 32.0 Å². The first-order chi connectivity index (χ1) is 8.56. The number of fused-ring (bicyclic) bond motifs is 2. The number of rotatable bonds is 0. The predicted octanol–water partition coefficient (Wildman–Crippen LogP) is 1.56. The minimum atomic E-state index is -0.798. The summed E-state index contributed by atoms with van der Waals surface area (Å²) >= 11 is 0. The van der Waals surface area contributed by atoms with Crippen molar-refractivity contribution in [1.82, 2.24) is 5.32 Å². The summed E-state index contributed by atoms with van der Waals surface area (Å²) in [7, 11) is 1.58. The lowest BCUT2D eigenvalue weighted by atomic mass is 9.74. The first-order valence-corrected chi connectivity index (χ1v) is 6.05. The van der Waals surface area contributed by atoms with Crippen LogP contribution in [0.4, 0.5) is 14.5 Å². The van der Waals surface area contributed by atoms with E-state index in [9.17, 15) is 13.6 Å². The zero-order chi connectivity index (χ0) is 12.9. The number of nitrogens with zero attached hydrogens (tertiary/aromatic N) is 1. The van der Waals surface area contributed by atoms with Crippen LogP contribution in [0.25, 0.3) is 0 Å². The van der Waals surface area contributed by atoms with E-state index in [1.54, 1.807) is 7.05 Å². The average molecular weight is 252 g/mol. The van der Waals surface area contributed by atoms with E-state index < -0.39 is 17.0 Å². The van der Waals surface area contributed by atoms with Crippen LogP contribution in [0.3, 0.4) is 0 Å². The van der Waals surface area contributed by atoms with Gasteiger partial charge in [0.05, 0.1) is 11.1 Å². The Labute approximate surface area is 104 Å². The lowest BCUT2D eigenvalue weighted by molar-refractivity contribution is -0.123. The first kappa shape index (κ1) is 11.6. The molecule has 0 bridgehead atoms. The molecule has 5 heteroatoms. The number of likely N-dealkylation sites (N-methyl/N-ethyl adjacent to an activating group) is 1. The van der Waals surface area contributed by atoms with Crippen molar-refractivity contribution in [2.24, 2.45) is 0 Å². The summed E-state index contributed by atoms with van der Waals surface area (Å²) in [5.74, 6) is -1.37. The highest BCUT2D eigenvalue weighted by molar-refractivity contribution is 6.07. The van der Waals surface area contributed by atoms with Gasteiger partial charge in [-0.2, -0.15) is 0 Å². The zero-order valence-electron chi connectivity index (χ0n) is 10.1. The van der Waals surface area contributed by atoms with Crippen LogP contribution in [0.2, 0.25) is 0 Å². The number of hydrogen-bond donors (Lipinski definition) is 1. The largest absolute Gasteiger partial charge is 0.317 e. The molecule has 1 N–H and O–H groups in total. The van der Waals surface area contributed by atoms with Gasteiger partial charge in [0.1, 0.15) is 11.6 Å². The van der Waals surface area contributed by atoms with Gasteiger partial charge in [-0.15, -0.1) is 0 Å². The summed E-state index contributed by atoms with van der Waals surface area (Å²) in [4.78, 5) is 13.8. The topological polar surface area (TPSA) is 32.3 Å². The quantitative estimate of drug-likeness (QED) is 0.760. The molecule has 18 heavy (non-hydrogen) atoms. The minimum Gasteiger partial charge on any atom is -0.317 e. The number of carbonyl (C=O) groups excluding carboxylic acids is 1. The highest BCUT2D eigenvalue weighted by atomic mass is 19.1. The van der Waals surface area contributed by atoms with Crippen LogP contribution in [0.1, 0.15) is 18.4 Å². The van der Waals surface area contributed by atoms with Gasteiger partial charge in [0.2, 0.25) is 5.91 Å². The average Bonchev–Trinajstić information content (AvgIpc) is 2.54. The maximum atomic E-state index is 14.1. The fourth-order valence-corrected chi connectivity index (χ4v) is 3.15. The molecule has 0 radical (unpaired) electrons. The van der Waals surface area contributed by atoms with E-state index in [2.05, 4.69) is 5.32 Å². The van der Waals surface area contributed by atoms with Crippen molar-refractivity contribution in [3.63, 3.8) is 0 Å². The second-order valence-corrected chi connectivity index (χ2v) is 4.98. The number of hydrogen-bond acceptors (Lipinski definition) is 2. The molecule has 1 amide bonds. The molecular formula is C13H14F2N2O. The second-order valence-electron chi connectivity index (χ2n) is 4.98. The Balaban J connectivity index is 2.23. The molecule has 96 valence electrons. The SMILES string of the molecule is CN1C(=O)C2(CCNCC2)c2c(F)cc(F)cc21. The monoisotopic (exact) mass is 252 g/mol. The molecule has 0 saturated carbocycles. The molecule has 0 unspecified atom stereocenters. The van der Waals surface area contributed by atoms with E-state index >= 15 is 0 Å². The number of nitrogens with one attached hydrogen (secondary N) is 1. The van der Waals surface area contributed by atoms with Crippen LogP contribution in [0.5, 0.6) is 0 Å². The Hall–Kier alpha value is -1.49. The maximum absolute atomic E-state index is 14.1. The zero-order valence-corrected chi connectivity index (χ0v) is 10.1. The van der Waals surface area contributed by atoms with E-state index in [4.69, 9.17) is 0 Å². The molecule has 3 nitrogen and oxygen atoms in total. The molecule has 2 aliphatic heterocycles. The number of halogens is 2. The van der Waals surface area contributed by atoms with Crippen LogP contribution in [-0.4, -0.2) is 26.0 Å². The molecule has 1 saturated heterocycles. The Morgan fingerprint density at radius 3 is 2.61 bits per heavy atom.